The molecule has 1 aromatic rings. The Kier molecular flexibility index (Phi) is 4.40. The molecule has 1 atom stereocenters. The number of nitro benzene ring substituents is 1. The largest absolute Gasteiger partial charge is 0.381 e. The molecule has 1 aromatic carbocycles. The topological polar surface area (TPSA) is 118 Å². The number of anilines is 1. The van der Waals surface area contributed by atoms with Crippen molar-refractivity contribution in [3.05, 3.63) is 33.1 Å². The van der Waals surface area contributed by atoms with E-state index in [1.54, 1.807) is 0 Å². The molecule has 98 valence electrons. The van der Waals surface area contributed by atoms with Crippen LogP contribution in [0.5, 0.6) is 0 Å². The summed E-state index contributed by atoms with van der Waals surface area (Å²) in [5.74, 6) is -1.93. The van der Waals surface area contributed by atoms with E-state index in [4.69, 9.17) is 22.4 Å². The normalized spacial score (nSPS) is 11.9. The van der Waals surface area contributed by atoms with Crippen molar-refractivity contribution in [2.75, 3.05) is 11.9 Å². The molecule has 4 N–H and O–H groups in total. The fraction of sp³-hybridized carbons (Fsp3) is 0.222. The van der Waals surface area contributed by atoms with E-state index in [1.807, 2.05) is 0 Å². The first-order valence-corrected chi connectivity index (χ1v) is 5.05. The molecule has 1 rings (SSSR count). The summed E-state index contributed by atoms with van der Waals surface area (Å²) in [6.45, 7) is -0.349. The number of hydrogen-bond acceptors (Lipinski definition) is 5. The predicted molar refractivity (Wildman–Crippen MR) is 61.8 cm³/mol. The number of aliphatic hydroxyl groups excluding tert-OH is 1. The lowest BCUT2D eigenvalue weighted by molar-refractivity contribution is -0.384. The van der Waals surface area contributed by atoms with Crippen molar-refractivity contribution in [3.63, 3.8) is 0 Å². The van der Waals surface area contributed by atoms with E-state index in [-0.39, 0.29) is 17.3 Å². The van der Waals surface area contributed by atoms with Gasteiger partial charge in [-0.25, -0.2) is 4.39 Å². The molecule has 0 heterocycles. The van der Waals surface area contributed by atoms with Crippen LogP contribution in [0, 0.1) is 15.9 Å². The molecular weight excluding hydrogens is 269 g/mol. The van der Waals surface area contributed by atoms with E-state index in [1.165, 1.54) is 0 Å². The van der Waals surface area contributed by atoms with Gasteiger partial charge in [-0.2, -0.15) is 0 Å². The molecular formula is C9H9ClFN3O4. The van der Waals surface area contributed by atoms with Crippen LogP contribution in [-0.4, -0.2) is 28.6 Å². The molecule has 0 aliphatic heterocycles. The summed E-state index contributed by atoms with van der Waals surface area (Å²) >= 11 is 5.48. The lowest BCUT2D eigenvalue weighted by Gasteiger charge is -2.10. The third-order valence-electron chi connectivity index (χ3n) is 2.05. The molecule has 0 saturated heterocycles. The number of carbonyl (C=O) groups is 1. The molecule has 1 amide bonds. The Hall–Kier alpha value is -1.93. The predicted octanol–water partition coefficient (Wildman–Crippen LogP) is 0.645. The summed E-state index contributed by atoms with van der Waals surface area (Å²) < 4.78 is 13.1. The molecule has 0 spiro atoms. The average molecular weight is 278 g/mol. The minimum absolute atomic E-state index is 0.119. The molecule has 0 saturated carbocycles. The number of hydrogen-bond donors (Lipinski definition) is 3. The van der Waals surface area contributed by atoms with Gasteiger partial charge < -0.3 is 16.2 Å². The molecule has 0 aromatic heterocycles. The van der Waals surface area contributed by atoms with Gasteiger partial charge in [0, 0.05) is 0 Å². The highest BCUT2D eigenvalue weighted by molar-refractivity contribution is 6.31. The van der Waals surface area contributed by atoms with E-state index in [9.17, 15) is 19.3 Å². The van der Waals surface area contributed by atoms with Crippen molar-refractivity contribution >= 4 is 28.9 Å². The zero-order valence-electron chi connectivity index (χ0n) is 8.89. The van der Waals surface area contributed by atoms with Gasteiger partial charge in [-0.05, 0) is 6.07 Å². The molecule has 18 heavy (non-hydrogen) atoms. The minimum atomic E-state index is -1.52. The third kappa shape index (κ3) is 3.28. The van der Waals surface area contributed by atoms with Crippen molar-refractivity contribution < 1.29 is 19.2 Å². The molecule has 9 heteroatoms. The number of halogens is 2. The van der Waals surface area contributed by atoms with E-state index in [2.05, 4.69) is 5.32 Å². The first-order chi connectivity index (χ1) is 8.32. The number of nitrogens with two attached hydrogens (primary N) is 1. The van der Waals surface area contributed by atoms with Crippen LogP contribution in [0.1, 0.15) is 0 Å². The van der Waals surface area contributed by atoms with Crippen LogP contribution in [0.4, 0.5) is 15.8 Å². The number of aliphatic hydroxyl groups is 1. The van der Waals surface area contributed by atoms with Gasteiger partial charge in [-0.3, -0.25) is 14.9 Å². The first-order valence-electron chi connectivity index (χ1n) is 4.67. The van der Waals surface area contributed by atoms with E-state index in [0.29, 0.717) is 6.07 Å². The van der Waals surface area contributed by atoms with Crippen LogP contribution in [0.2, 0.25) is 5.02 Å². The second kappa shape index (κ2) is 5.61. The Bertz CT molecular complexity index is 497. The highest BCUT2D eigenvalue weighted by atomic mass is 35.5. The maximum Gasteiger partial charge on any atom is 0.295 e. The van der Waals surface area contributed by atoms with Crippen molar-refractivity contribution in [2.45, 2.75) is 6.10 Å². The number of nitrogens with zero attached hydrogens (tertiary/aromatic N) is 1. The maximum atomic E-state index is 13.1. The summed E-state index contributed by atoms with van der Waals surface area (Å²) in [5.41, 5.74) is 4.12. The van der Waals surface area contributed by atoms with Crippen LogP contribution in [0.15, 0.2) is 12.1 Å². The standard InChI is InChI=1S/C9H9ClFN3O4/c10-4-1-6(13-3-8(15)9(12)16)7(14(17)18)2-5(4)11/h1-2,8,13,15H,3H2,(H2,12,16). The number of benzene rings is 1. The lowest BCUT2D eigenvalue weighted by atomic mass is 10.2. The molecule has 0 fully saturated rings. The summed E-state index contributed by atoms with van der Waals surface area (Å²) in [7, 11) is 0. The molecule has 0 radical (unpaired) electrons. The average Bonchev–Trinajstić information content (AvgIpc) is 2.29. The van der Waals surface area contributed by atoms with Gasteiger partial charge in [0.25, 0.3) is 5.69 Å². The molecule has 1 unspecified atom stereocenters. The Morgan fingerprint density at radius 1 is 1.67 bits per heavy atom. The van der Waals surface area contributed by atoms with Gasteiger partial charge in [-0.1, -0.05) is 11.6 Å². The number of nitro groups is 1. The zero-order valence-corrected chi connectivity index (χ0v) is 9.65. The zero-order chi connectivity index (χ0) is 13.9. The van der Waals surface area contributed by atoms with Crippen molar-refractivity contribution in [1.29, 1.82) is 0 Å². The molecule has 0 aliphatic carbocycles. The highest BCUT2D eigenvalue weighted by Crippen LogP contribution is 2.30. The van der Waals surface area contributed by atoms with E-state index in [0.717, 1.165) is 6.07 Å². The van der Waals surface area contributed by atoms with Crippen LogP contribution in [0.3, 0.4) is 0 Å². The fourth-order valence-corrected chi connectivity index (χ4v) is 1.30. The Labute approximate surface area is 105 Å². The van der Waals surface area contributed by atoms with Gasteiger partial charge in [0.1, 0.15) is 17.6 Å². The maximum absolute atomic E-state index is 13.1. The summed E-state index contributed by atoms with van der Waals surface area (Å²) in [5, 5.41) is 21.9. The minimum Gasteiger partial charge on any atom is -0.381 e. The third-order valence-corrected chi connectivity index (χ3v) is 2.34. The number of primary amides is 1. The lowest BCUT2D eigenvalue weighted by Crippen LogP contribution is -2.34. The van der Waals surface area contributed by atoms with Crippen LogP contribution in [-0.2, 0) is 4.79 Å². The smallest absolute Gasteiger partial charge is 0.295 e. The van der Waals surface area contributed by atoms with Crippen molar-refractivity contribution in [2.24, 2.45) is 5.73 Å². The number of carbonyl (C=O) groups excluding carboxylic acids is 1. The quantitative estimate of drug-likeness (QED) is 0.539. The molecule has 0 aliphatic rings. The van der Waals surface area contributed by atoms with Gasteiger partial charge in [0.15, 0.2) is 0 Å². The van der Waals surface area contributed by atoms with Crippen molar-refractivity contribution in [3.8, 4) is 0 Å². The van der Waals surface area contributed by atoms with Crippen LogP contribution in [0.25, 0.3) is 0 Å². The SMILES string of the molecule is NC(=O)C(O)CNc1cc(Cl)c(F)cc1[N+](=O)[O-]. The van der Waals surface area contributed by atoms with Gasteiger partial charge >= 0.3 is 0 Å². The second-order valence-electron chi connectivity index (χ2n) is 3.34. The van der Waals surface area contributed by atoms with Gasteiger partial charge in [0.05, 0.1) is 22.6 Å². The Morgan fingerprint density at radius 2 is 2.28 bits per heavy atom. The van der Waals surface area contributed by atoms with Crippen LogP contribution < -0.4 is 11.1 Å². The highest BCUT2D eigenvalue weighted by Gasteiger charge is 2.19. The summed E-state index contributed by atoms with van der Waals surface area (Å²) in [4.78, 5) is 20.4. The summed E-state index contributed by atoms with van der Waals surface area (Å²) in [6.07, 6.45) is -1.52. The fourth-order valence-electron chi connectivity index (χ4n) is 1.14. The monoisotopic (exact) mass is 277 g/mol. The number of rotatable bonds is 5. The Balaban J connectivity index is 2.97. The van der Waals surface area contributed by atoms with Gasteiger partial charge in [0.2, 0.25) is 5.91 Å². The summed E-state index contributed by atoms with van der Waals surface area (Å²) in [6, 6.07) is 1.63. The second-order valence-corrected chi connectivity index (χ2v) is 3.75. The number of amides is 1. The number of nitrogens with one attached hydrogen (secondary N) is 1. The molecule has 0 bridgehead atoms. The molecule has 7 nitrogen and oxygen atoms in total. The van der Waals surface area contributed by atoms with E-state index < -0.39 is 28.4 Å². The van der Waals surface area contributed by atoms with Crippen LogP contribution >= 0.6 is 11.6 Å². The van der Waals surface area contributed by atoms with E-state index >= 15 is 0 Å². The van der Waals surface area contributed by atoms with Crippen molar-refractivity contribution in [1.82, 2.24) is 0 Å². The first kappa shape index (κ1) is 14.1. The van der Waals surface area contributed by atoms with Gasteiger partial charge in [-0.15, -0.1) is 0 Å². The Morgan fingerprint density at radius 3 is 2.78 bits per heavy atom.